The van der Waals surface area contributed by atoms with E-state index in [0.29, 0.717) is 31.2 Å². The topological polar surface area (TPSA) is 60.5 Å². The van der Waals surface area contributed by atoms with E-state index in [-0.39, 0.29) is 5.91 Å². The standard InChI is InChI=1S/C16H16N2O3/c19-16-14(8-9-17-16)21-13-6-7-15(18-10-13)20-11-12-4-2-1-3-5-12/h1-7,10,14H,8-9,11H2,(H,17,19). The SMILES string of the molecule is O=C1NCCC1Oc1ccc(OCc2ccccc2)nc1. The fourth-order valence-corrected chi connectivity index (χ4v) is 2.10. The zero-order valence-electron chi connectivity index (χ0n) is 11.5. The molecule has 1 N–H and O–H groups in total. The Bertz CT molecular complexity index is 599. The number of ether oxygens (including phenoxy) is 2. The second-order valence-corrected chi connectivity index (χ2v) is 4.79. The number of nitrogens with zero attached hydrogens (tertiary/aromatic N) is 1. The lowest BCUT2D eigenvalue weighted by molar-refractivity contribution is -0.124. The smallest absolute Gasteiger partial charge is 0.261 e. The molecular formula is C16H16N2O3. The van der Waals surface area contributed by atoms with Gasteiger partial charge in [0.15, 0.2) is 6.10 Å². The van der Waals surface area contributed by atoms with E-state index >= 15 is 0 Å². The van der Waals surface area contributed by atoms with Crippen molar-refractivity contribution in [2.45, 2.75) is 19.1 Å². The molecule has 0 bridgehead atoms. The normalized spacial score (nSPS) is 17.3. The fraction of sp³-hybridized carbons (Fsp3) is 0.250. The Morgan fingerprint density at radius 2 is 2.05 bits per heavy atom. The van der Waals surface area contributed by atoms with Gasteiger partial charge in [0.05, 0.1) is 6.20 Å². The first kappa shape index (κ1) is 13.4. The van der Waals surface area contributed by atoms with Crippen LogP contribution in [0, 0.1) is 0 Å². The van der Waals surface area contributed by atoms with Crippen molar-refractivity contribution in [3.63, 3.8) is 0 Å². The van der Waals surface area contributed by atoms with Crippen LogP contribution in [0.5, 0.6) is 11.6 Å². The highest BCUT2D eigenvalue weighted by Crippen LogP contribution is 2.18. The summed E-state index contributed by atoms with van der Waals surface area (Å²) in [7, 11) is 0. The van der Waals surface area contributed by atoms with Gasteiger partial charge in [-0.15, -0.1) is 0 Å². The zero-order chi connectivity index (χ0) is 14.5. The maximum absolute atomic E-state index is 11.4. The molecule has 0 aliphatic carbocycles. The van der Waals surface area contributed by atoms with Crippen LogP contribution in [0.4, 0.5) is 0 Å². The average molecular weight is 284 g/mol. The van der Waals surface area contributed by atoms with Crippen LogP contribution < -0.4 is 14.8 Å². The van der Waals surface area contributed by atoms with E-state index in [1.54, 1.807) is 18.3 Å². The third kappa shape index (κ3) is 3.51. The predicted molar refractivity (Wildman–Crippen MR) is 77.1 cm³/mol. The monoisotopic (exact) mass is 284 g/mol. The van der Waals surface area contributed by atoms with E-state index in [2.05, 4.69) is 10.3 Å². The van der Waals surface area contributed by atoms with Crippen LogP contribution in [-0.4, -0.2) is 23.5 Å². The van der Waals surface area contributed by atoms with E-state index < -0.39 is 6.10 Å². The van der Waals surface area contributed by atoms with Crippen molar-refractivity contribution >= 4 is 5.91 Å². The highest BCUT2D eigenvalue weighted by molar-refractivity contribution is 5.83. The zero-order valence-corrected chi connectivity index (χ0v) is 11.5. The summed E-state index contributed by atoms with van der Waals surface area (Å²) >= 11 is 0. The Morgan fingerprint density at radius 1 is 1.19 bits per heavy atom. The van der Waals surface area contributed by atoms with Gasteiger partial charge in [-0.3, -0.25) is 4.79 Å². The molecule has 2 heterocycles. The summed E-state index contributed by atoms with van der Waals surface area (Å²) in [6.45, 7) is 1.13. The van der Waals surface area contributed by atoms with Crippen molar-refractivity contribution in [2.75, 3.05) is 6.54 Å². The lowest BCUT2D eigenvalue weighted by Crippen LogP contribution is -2.27. The molecule has 1 aromatic carbocycles. The Labute approximate surface area is 122 Å². The molecule has 5 nitrogen and oxygen atoms in total. The van der Waals surface area contributed by atoms with Gasteiger partial charge in [0.1, 0.15) is 12.4 Å². The van der Waals surface area contributed by atoms with Crippen molar-refractivity contribution in [1.82, 2.24) is 10.3 Å². The van der Waals surface area contributed by atoms with E-state index in [1.165, 1.54) is 0 Å². The second kappa shape index (κ2) is 6.26. The maximum atomic E-state index is 11.4. The fourth-order valence-electron chi connectivity index (χ4n) is 2.10. The molecule has 0 saturated carbocycles. The minimum absolute atomic E-state index is 0.0700. The van der Waals surface area contributed by atoms with Crippen molar-refractivity contribution in [2.24, 2.45) is 0 Å². The molecule has 1 unspecified atom stereocenters. The Kier molecular flexibility index (Phi) is 4.00. The molecule has 0 spiro atoms. The van der Waals surface area contributed by atoms with Gasteiger partial charge in [-0.25, -0.2) is 4.98 Å². The number of pyridine rings is 1. The van der Waals surface area contributed by atoms with E-state index in [0.717, 1.165) is 5.56 Å². The number of hydrogen-bond acceptors (Lipinski definition) is 4. The van der Waals surface area contributed by atoms with Crippen molar-refractivity contribution in [1.29, 1.82) is 0 Å². The first-order valence-corrected chi connectivity index (χ1v) is 6.88. The minimum Gasteiger partial charge on any atom is -0.479 e. The number of rotatable bonds is 5. The van der Waals surface area contributed by atoms with Gasteiger partial charge >= 0.3 is 0 Å². The number of aromatic nitrogens is 1. The molecule has 2 aromatic rings. The van der Waals surface area contributed by atoms with Crippen LogP contribution in [0.25, 0.3) is 0 Å². The van der Waals surface area contributed by atoms with E-state index in [9.17, 15) is 4.79 Å². The molecule has 0 radical (unpaired) electrons. The largest absolute Gasteiger partial charge is 0.479 e. The van der Waals surface area contributed by atoms with Crippen LogP contribution in [0.2, 0.25) is 0 Å². The summed E-state index contributed by atoms with van der Waals surface area (Å²) in [5.41, 5.74) is 1.09. The first-order chi connectivity index (χ1) is 10.3. The molecule has 3 rings (SSSR count). The van der Waals surface area contributed by atoms with Crippen LogP contribution in [0.3, 0.4) is 0 Å². The Morgan fingerprint density at radius 3 is 2.71 bits per heavy atom. The molecule has 108 valence electrons. The number of benzene rings is 1. The lowest BCUT2D eigenvalue weighted by atomic mass is 10.2. The lowest BCUT2D eigenvalue weighted by Gasteiger charge is -2.11. The van der Waals surface area contributed by atoms with E-state index in [1.807, 2.05) is 30.3 Å². The van der Waals surface area contributed by atoms with Crippen LogP contribution in [0.1, 0.15) is 12.0 Å². The van der Waals surface area contributed by atoms with Crippen LogP contribution in [-0.2, 0) is 11.4 Å². The highest BCUT2D eigenvalue weighted by Gasteiger charge is 2.25. The van der Waals surface area contributed by atoms with Gasteiger partial charge in [0, 0.05) is 19.0 Å². The maximum Gasteiger partial charge on any atom is 0.261 e. The molecule has 1 aliphatic heterocycles. The molecule has 1 fully saturated rings. The highest BCUT2D eigenvalue weighted by atomic mass is 16.5. The molecule has 1 aliphatic rings. The summed E-state index contributed by atoms with van der Waals surface area (Å²) in [6.07, 6.45) is 1.85. The summed E-state index contributed by atoms with van der Waals surface area (Å²) in [5.74, 6) is 1.03. The number of carbonyl (C=O) groups is 1. The summed E-state index contributed by atoms with van der Waals surface area (Å²) in [4.78, 5) is 15.6. The van der Waals surface area contributed by atoms with E-state index in [4.69, 9.17) is 9.47 Å². The first-order valence-electron chi connectivity index (χ1n) is 6.88. The Balaban J connectivity index is 1.55. The Hall–Kier alpha value is -2.56. The molecular weight excluding hydrogens is 268 g/mol. The molecule has 1 amide bonds. The van der Waals surface area contributed by atoms with Gasteiger partial charge in [-0.1, -0.05) is 30.3 Å². The van der Waals surface area contributed by atoms with Crippen molar-refractivity contribution < 1.29 is 14.3 Å². The number of nitrogens with one attached hydrogen (secondary N) is 1. The molecule has 21 heavy (non-hydrogen) atoms. The predicted octanol–water partition coefficient (Wildman–Crippen LogP) is 1.93. The van der Waals surface area contributed by atoms with Gasteiger partial charge in [0.2, 0.25) is 5.88 Å². The molecule has 1 saturated heterocycles. The quantitative estimate of drug-likeness (QED) is 0.911. The molecule has 1 aromatic heterocycles. The van der Waals surface area contributed by atoms with Gasteiger partial charge < -0.3 is 14.8 Å². The van der Waals surface area contributed by atoms with Crippen molar-refractivity contribution in [3.8, 4) is 11.6 Å². The van der Waals surface area contributed by atoms with Gasteiger partial charge in [0.25, 0.3) is 5.91 Å². The third-order valence-electron chi connectivity index (χ3n) is 3.22. The number of carbonyl (C=O) groups excluding carboxylic acids is 1. The summed E-state index contributed by atoms with van der Waals surface area (Å²) in [6, 6.07) is 13.4. The number of hydrogen-bond donors (Lipinski definition) is 1. The average Bonchev–Trinajstić information content (AvgIpc) is 2.93. The summed E-state index contributed by atoms with van der Waals surface area (Å²) < 4.78 is 11.2. The molecule has 5 heteroatoms. The minimum atomic E-state index is -0.414. The number of amides is 1. The second-order valence-electron chi connectivity index (χ2n) is 4.79. The van der Waals surface area contributed by atoms with Crippen molar-refractivity contribution in [3.05, 3.63) is 54.2 Å². The third-order valence-corrected chi connectivity index (χ3v) is 3.22. The van der Waals surface area contributed by atoms with Gasteiger partial charge in [-0.2, -0.15) is 0 Å². The summed E-state index contributed by atoms with van der Waals surface area (Å²) in [5, 5.41) is 2.73. The van der Waals surface area contributed by atoms with Crippen LogP contribution in [0.15, 0.2) is 48.7 Å². The molecule has 1 atom stereocenters. The van der Waals surface area contributed by atoms with Crippen LogP contribution >= 0.6 is 0 Å². The van der Waals surface area contributed by atoms with Gasteiger partial charge in [-0.05, 0) is 11.6 Å².